The Bertz CT molecular complexity index is 67.0. The Morgan fingerprint density at radius 1 is 1.33 bits per heavy atom. The number of allylic oxidation sites excluding steroid dienone is 1. The number of hydrogen-bond acceptors (Lipinski definition) is 0. The van der Waals surface area contributed by atoms with Crippen LogP contribution in [0.4, 0.5) is 0 Å². The molecule has 2 radical (unpaired) electrons. The predicted octanol–water partition coefficient (Wildman–Crippen LogP) is 2.83. The second-order valence-corrected chi connectivity index (χ2v) is 5.66. The van der Waals surface area contributed by atoms with Gasteiger partial charge in [0.05, 0.1) is 0 Å². The summed E-state index contributed by atoms with van der Waals surface area (Å²) < 4.78 is 4.00. The molecular formula is C8H16Sn. The average molecular weight is 231 g/mol. The zero-order chi connectivity index (χ0) is 6.95. The first kappa shape index (κ1) is 9.54. The summed E-state index contributed by atoms with van der Waals surface area (Å²) in [5, 5.41) is 0. The van der Waals surface area contributed by atoms with Crippen molar-refractivity contribution in [2.24, 2.45) is 0 Å². The van der Waals surface area contributed by atoms with Gasteiger partial charge in [-0.05, 0) is 0 Å². The van der Waals surface area contributed by atoms with Crippen LogP contribution >= 0.6 is 0 Å². The fourth-order valence-electron chi connectivity index (χ4n) is 0.563. The third-order valence-corrected chi connectivity index (χ3v) is 4.32. The van der Waals surface area contributed by atoms with Gasteiger partial charge in [0, 0.05) is 0 Å². The standard InChI is InChI=1S/C4H9.C4H7.Sn/c2*1-3-4-2;/h1,3-4H2,2H3;1,3H,4H2,2H3;. The van der Waals surface area contributed by atoms with E-state index in [-0.39, 0.29) is 21.1 Å². The molecule has 0 aromatic heterocycles. The van der Waals surface area contributed by atoms with Gasteiger partial charge in [-0.2, -0.15) is 0 Å². The van der Waals surface area contributed by atoms with Crippen molar-refractivity contribution in [2.45, 2.75) is 37.5 Å². The molecule has 0 spiro atoms. The Kier molecular flexibility index (Phi) is 9.05. The monoisotopic (exact) mass is 232 g/mol. The SMILES string of the molecule is CC/C=[CH]\[Sn][CH2]CCC. The van der Waals surface area contributed by atoms with E-state index < -0.39 is 0 Å². The normalized spacial score (nSPS) is 10.9. The fourth-order valence-corrected chi connectivity index (χ4v) is 3.78. The van der Waals surface area contributed by atoms with Crippen LogP contribution < -0.4 is 0 Å². The van der Waals surface area contributed by atoms with Crippen LogP contribution in [0, 0.1) is 0 Å². The molecule has 0 atom stereocenters. The average Bonchev–Trinajstić information content (AvgIpc) is 1.89. The van der Waals surface area contributed by atoms with Crippen LogP contribution in [-0.4, -0.2) is 21.1 Å². The zero-order valence-corrected chi connectivity index (χ0v) is 9.34. The summed E-state index contributed by atoms with van der Waals surface area (Å²) in [6, 6.07) is 0. The molecule has 1 heteroatoms. The molecule has 0 rings (SSSR count). The van der Waals surface area contributed by atoms with E-state index in [1.165, 1.54) is 23.7 Å². The van der Waals surface area contributed by atoms with E-state index in [9.17, 15) is 0 Å². The summed E-state index contributed by atoms with van der Waals surface area (Å²) in [7, 11) is 0. The first-order valence-electron chi connectivity index (χ1n) is 3.80. The molecule has 0 aliphatic rings. The van der Waals surface area contributed by atoms with E-state index in [2.05, 4.69) is 24.0 Å². The van der Waals surface area contributed by atoms with Gasteiger partial charge in [-0.15, -0.1) is 0 Å². The Labute approximate surface area is 68.9 Å². The van der Waals surface area contributed by atoms with Crippen LogP contribution in [0.2, 0.25) is 4.44 Å². The van der Waals surface area contributed by atoms with Crippen molar-refractivity contribution in [3.8, 4) is 0 Å². The Morgan fingerprint density at radius 3 is 2.67 bits per heavy atom. The van der Waals surface area contributed by atoms with Gasteiger partial charge in [0.2, 0.25) is 0 Å². The Morgan fingerprint density at radius 2 is 2.11 bits per heavy atom. The van der Waals surface area contributed by atoms with Gasteiger partial charge in [0.1, 0.15) is 0 Å². The van der Waals surface area contributed by atoms with Gasteiger partial charge in [-0.25, -0.2) is 0 Å². The predicted molar refractivity (Wildman–Crippen MR) is 44.9 cm³/mol. The van der Waals surface area contributed by atoms with E-state index in [4.69, 9.17) is 0 Å². The molecule has 0 N–H and O–H groups in total. The summed E-state index contributed by atoms with van der Waals surface area (Å²) in [6.45, 7) is 4.47. The second-order valence-electron chi connectivity index (χ2n) is 2.12. The maximum atomic E-state index is 2.46. The summed E-state index contributed by atoms with van der Waals surface area (Å²) in [4.78, 5) is 0. The molecule has 0 aromatic carbocycles. The summed E-state index contributed by atoms with van der Waals surface area (Å²) >= 11 is -0.0311. The van der Waals surface area contributed by atoms with E-state index >= 15 is 0 Å². The quantitative estimate of drug-likeness (QED) is 0.504. The van der Waals surface area contributed by atoms with Crippen LogP contribution in [-0.2, 0) is 0 Å². The molecule has 0 heterocycles. The van der Waals surface area contributed by atoms with Crippen molar-refractivity contribution in [3.05, 3.63) is 10.2 Å². The van der Waals surface area contributed by atoms with Crippen LogP contribution in [0.5, 0.6) is 0 Å². The second kappa shape index (κ2) is 8.54. The van der Waals surface area contributed by atoms with Crippen molar-refractivity contribution >= 4 is 21.1 Å². The van der Waals surface area contributed by atoms with E-state index in [0.717, 1.165) is 0 Å². The summed E-state index contributed by atoms with van der Waals surface area (Å²) in [6.07, 6.45) is 6.38. The molecule has 0 bridgehead atoms. The van der Waals surface area contributed by atoms with Gasteiger partial charge in [-0.1, -0.05) is 0 Å². The minimum atomic E-state index is -0.0311. The molecule has 0 aromatic rings. The van der Waals surface area contributed by atoms with Crippen LogP contribution in [0.25, 0.3) is 0 Å². The van der Waals surface area contributed by atoms with Crippen LogP contribution in [0.1, 0.15) is 33.1 Å². The maximum absolute atomic E-state index is 2.46. The van der Waals surface area contributed by atoms with Gasteiger partial charge in [-0.3, -0.25) is 0 Å². The van der Waals surface area contributed by atoms with Crippen LogP contribution in [0.15, 0.2) is 10.2 Å². The molecular weight excluding hydrogens is 215 g/mol. The fraction of sp³-hybridized carbons (Fsp3) is 0.750. The van der Waals surface area contributed by atoms with Crippen LogP contribution in [0.3, 0.4) is 0 Å². The van der Waals surface area contributed by atoms with Gasteiger partial charge in [0.25, 0.3) is 0 Å². The molecule has 0 unspecified atom stereocenters. The van der Waals surface area contributed by atoms with E-state index in [1.807, 2.05) is 0 Å². The molecule has 9 heavy (non-hydrogen) atoms. The van der Waals surface area contributed by atoms with Crippen molar-refractivity contribution in [1.29, 1.82) is 0 Å². The molecule has 0 saturated carbocycles. The molecule has 0 amide bonds. The molecule has 0 nitrogen and oxygen atoms in total. The van der Waals surface area contributed by atoms with Crippen molar-refractivity contribution in [3.63, 3.8) is 0 Å². The summed E-state index contributed by atoms with van der Waals surface area (Å²) in [5.41, 5.74) is 0. The van der Waals surface area contributed by atoms with Gasteiger partial charge < -0.3 is 0 Å². The van der Waals surface area contributed by atoms with Crippen molar-refractivity contribution in [1.82, 2.24) is 0 Å². The third-order valence-electron chi connectivity index (χ3n) is 1.15. The van der Waals surface area contributed by atoms with Crippen molar-refractivity contribution in [2.75, 3.05) is 0 Å². The topological polar surface area (TPSA) is 0 Å². The third kappa shape index (κ3) is 8.54. The van der Waals surface area contributed by atoms with Gasteiger partial charge in [0.15, 0.2) is 0 Å². The number of hydrogen-bond donors (Lipinski definition) is 0. The van der Waals surface area contributed by atoms with Gasteiger partial charge >= 0.3 is 68.9 Å². The zero-order valence-electron chi connectivity index (χ0n) is 6.48. The Balaban J connectivity index is 2.82. The molecule has 0 aliphatic heterocycles. The van der Waals surface area contributed by atoms with E-state index in [1.54, 1.807) is 0 Å². The molecule has 0 saturated heterocycles. The molecule has 0 aliphatic carbocycles. The van der Waals surface area contributed by atoms with E-state index in [0.29, 0.717) is 0 Å². The Hall–Kier alpha value is 0.539. The minimum absolute atomic E-state index is 0.0311. The van der Waals surface area contributed by atoms with Crippen molar-refractivity contribution < 1.29 is 0 Å². The molecule has 0 fully saturated rings. The number of unbranched alkanes of at least 4 members (excludes halogenated alkanes) is 1. The number of rotatable bonds is 5. The molecule has 52 valence electrons. The first-order chi connectivity index (χ1) is 4.41. The first-order valence-corrected chi connectivity index (χ1v) is 7.46. The summed E-state index contributed by atoms with van der Waals surface area (Å²) in [5.74, 6) is 0.